The van der Waals surface area contributed by atoms with Crippen LogP contribution in [0.2, 0.25) is 0 Å². The highest BCUT2D eigenvalue weighted by Crippen LogP contribution is 2.32. The van der Waals surface area contributed by atoms with Crippen LogP contribution in [0.4, 0.5) is 11.5 Å². The number of benzene rings is 1. The molecule has 1 aromatic carbocycles. The number of fused-ring (bicyclic) bond motifs is 2. The van der Waals surface area contributed by atoms with Gasteiger partial charge in [-0.1, -0.05) is 18.2 Å². The SMILES string of the molecule is CCOC(=O)c1csc2ncnc(Nc3cccc4cccnc34)c12. The smallest absolute Gasteiger partial charge is 0.339 e. The lowest BCUT2D eigenvalue weighted by Gasteiger charge is -2.10. The molecule has 0 aliphatic heterocycles. The van der Waals surface area contributed by atoms with E-state index in [4.69, 9.17) is 4.74 Å². The maximum absolute atomic E-state index is 12.2. The molecule has 0 aliphatic rings. The number of carbonyl (C=O) groups is 1. The first kappa shape index (κ1) is 15.5. The molecule has 0 amide bonds. The van der Waals surface area contributed by atoms with Gasteiger partial charge in [-0.25, -0.2) is 14.8 Å². The number of aromatic nitrogens is 3. The number of hydrogen-bond donors (Lipinski definition) is 1. The van der Waals surface area contributed by atoms with Crippen LogP contribution in [0.15, 0.2) is 48.2 Å². The third-order valence-corrected chi connectivity index (χ3v) is 4.64. The fourth-order valence-corrected chi connectivity index (χ4v) is 3.54. The minimum absolute atomic E-state index is 0.319. The van der Waals surface area contributed by atoms with Crippen LogP contribution in [0.1, 0.15) is 17.3 Å². The van der Waals surface area contributed by atoms with Crippen LogP contribution in [-0.2, 0) is 4.74 Å². The zero-order valence-electron chi connectivity index (χ0n) is 13.4. The molecule has 0 bridgehead atoms. The molecule has 6 nitrogen and oxygen atoms in total. The molecule has 0 aliphatic carbocycles. The molecular weight excluding hydrogens is 336 g/mol. The van der Waals surface area contributed by atoms with E-state index in [2.05, 4.69) is 20.3 Å². The van der Waals surface area contributed by atoms with Gasteiger partial charge in [-0.15, -0.1) is 11.3 Å². The Labute approximate surface area is 147 Å². The van der Waals surface area contributed by atoms with Crippen molar-refractivity contribution in [2.24, 2.45) is 0 Å². The largest absolute Gasteiger partial charge is 0.462 e. The van der Waals surface area contributed by atoms with Crippen LogP contribution in [0.5, 0.6) is 0 Å². The van der Waals surface area contributed by atoms with Crippen molar-refractivity contribution in [3.05, 3.63) is 53.8 Å². The van der Waals surface area contributed by atoms with Crippen molar-refractivity contribution in [3.8, 4) is 0 Å². The molecule has 25 heavy (non-hydrogen) atoms. The van der Waals surface area contributed by atoms with Gasteiger partial charge in [0.1, 0.15) is 17.0 Å². The lowest BCUT2D eigenvalue weighted by molar-refractivity contribution is 0.0529. The van der Waals surface area contributed by atoms with E-state index in [1.807, 2.05) is 30.3 Å². The third kappa shape index (κ3) is 2.78. The number of pyridine rings is 1. The Morgan fingerprint density at radius 3 is 2.96 bits per heavy atom. The van der Waals surface area contributed by atoms with Gasteiger partial charge in [-0.3, -0.25) is 4.98 Å². The van der Waals surface area contributed by atoms with Crippen molar-refractivity contribution in [2.75, 3.05) is 11.9 Å². The normalized spacial score (nSPS) is 10.9. The highest BCUT2D eigenvalue weighted by Gasteiger charge is 2.18. The molecule has 0 saturated heterocycles. The summed E-state index contributed by atoms with van der Waals surface area (Å²) < 4.78 is 5.14. The summed E-state index contributed by atoms with van der Waals surface area (Å²) in [5, 5.41) is 6.74. The summed E-state index contributed by atoms with van der Waals surface area (Å²) in [5.74, 6) is 0.190. The molecule has 0 atom stereocenters. The molecule has 4 rings (SSSR count). The fourth-order valence-electron chi connectivity index (χ4n) is 2.66. The molecule has 0 radical (unpaired) electrons. The van der Waals surface area contributed by atoms with Gasteiger partial charge in [-0.2, -0.15) is 0 Å². The Hall–Kier alpha value is -3.06. The summed E-state index contributed by atoms with van der Waals surface area (Å²) >= 11 is 1.39. The van der Waals surface area contributed by atoms with Crippen LogP contribution in [-0.4, -0.2) is 27.5 Å². The zero-order valence-corrected chi connectivity index (χ0v) is 14.2. The summed E-state index contributed by atoms with van der Waals surface area (Å²) in [4.78, 5) is 26.0. The van der Waals surface area contributed by atoms with E-state index in [0.717, 1.165) is 21.4 Å². The Morgan fingerprint density at radius 1 is 1.20 bits per heavy atom. The van der Waals surface area contributed by atoms with Crippen molar-refractivity contribution >= 4 is 49.9 Å². The van der Waals surface area contributed by atoms with Gasteiger partial charge in [0.15, 0.2) is 0 Å². The molecule has 7 heteroatoms. The Morgan fingerprint density at radius 2 is 2.08 bits per heavy atom. The topological polar surface area (TPSA) is 77.0 Å². The second-order valence-electron chi connectivity index (χ2n) is 5.28. The Bertz CT molecular complexity index is 1070. The van der Waals surface area contributed by atoms with E-state index in [-0.39, 0.29) is 5.97 Å². The number of anilines is 2. The van der Waals surface area contributed by atoms with Gasteiger partial charge in [-0.05, 0) is 19.1 Å². The zero-order chi connectivity index (χ0) is 17.2. The lowest BCUT2D eigenvalue weighted by atomic mass is 10.2. The van der Waals surface area contributed by atoms with E-state index >= 15 is 0 Å². The number of para-hydroxylation sites is 1. The first-order chi connectivity index (χ1) is 12.3. The van der Waals surface area contributed by atoms with E-state index in [1.165, 1.54) is 17.7 Å². The molecule has 0 saturated carbocycles. The number of hydrogen-bond acceptors (Lipinski definition) is 7. The summed E-state index contributed by atoms with van der Waals surface area (Å²) in [6, 6.07) is 9.77. The van der Waals surface area contributed by atoms with Crippen LogP contribution in [0, 0.1) is 0 Å². The maximum atomic E-state index is 12.2. The monoisotopic (exact) mass is 350 g/mol. The van der Waals surface area contributed by atoms with Crippen molar-refractivity contribution in [2.45, 2.75) is 6.92 Å². The summed E-state index contributed by atoms with van der Waals surface area (Å²) in [7, 11) is 0. The number of nitrogens with one attached hydrogen (secondary N) is 1. The number of ether oxygens (including phenoxy) is 1. The van der Waals surface area contributed by atoms with Crippen LogP contribution in [0.3, 0.4) is 0 Å². The number of thiophene rings is 1. The summed E-state index contributed by atoms with van der Waals surface area (Å²) in [6.45, 7) is 2.10. The number of rotatable bonds is 4. The van der Waals surface area contributed by atoms with Crippen LogP contribution in [0.25, 0.3) is 21.1 Å². The number of esters is 1. The molecule has 124 valence electrons. The minimum Gasteiger partial charge on any atom is -0.462 e. The highest BCUT2D eigenvalue weighted by molar-refractivity contribution is 7.17. The standard InChI is InChI=1S/C18H14N4O2S/c1-2-24-18(23)12-9-25-17-14(12)16(20-10-21-17)22-13-7-3-5-11-6-4-8-19-15(11)13/h3-10H,2H2,1H3,(H,20,21,22). The van der Waals surface area contributed by atoms with Gasteiger partial charge >= 0.3 is 5.97 Å². The number of nitrogens with zero attached hydrogens (tertiary/aromatic N) is 3. The predicted octanol–water partition coefficient (Wildman–Crippen LogP) is 4.16. The predicted molar refractivity (Wildman–Crippen MR) is 98.4 cm³/mol. The molecule has 0 spiro atoms. The van der Waals surface area contributed by atoms with Crippen LogP contribution < -0.4 is 5.32 Å². The molecule has 3 heterocycles. The molecular formula is C18H14N4O2S. The first-order valence-electron chi connectivity index (χ1n) is 7.78. The van der Waals surface area contributed by atoms with Gasteiger partial charge in [0.2, 0.25) is 0 Å². The van der Waals surface area contributed by atoms with E-state index in [9.17, 15) is 4.79 Å². The van der Waals surface area contributed by atoms with Gasteiger partial charge in [0, 0.05) is 17.0 Å². The molecule has 0 fully saturated rings. The summed E-state index contributed by atoms with van der Waals surface area (Å²) in [6.07, 6.45) is 3.23. The van der Waals surface area contributed by atoms with E-state index in [0.29, 0.717) is 23.4 Å². The Kier molecular flexibility index (Phi) is 3.99. The quantitative estimate of drug-likeness (QED) is 0.557. The second-order valence-corrected chi connectivity index (χ2v) is 6.14. The minimum atomic E-state index is -0.373. The number of carbonyl (C=O) groups excluding carboxylic acids is 1. The fraction of sp³-hybridized carbons (Fsp3) is 0.111. The van der Waals surface area contributed by atoms with Crippen LogP contribution >= 0.6 is 11.3 Å². The average Bonchev–Trinajstić information content (AvgIpc) is 3.08. The van der Waals surface area contributed by atoms with Crippen molar-refractivity contribution in [3.63, 3.8) is 0 Å². The van der Waals surface area contributed by atoms with Gasteiger partial charge in [0.05, 0.1) is 28.8 Å². The third-order valence-electron chi connectivity index (χ3n) is 3.75. The van der Waals surface area contributed by atoms with Gasteiger partial charge < -0.3 is 10.1 Å². The van der Waals surface area contributed by atoms with Gasteiger partial charge in [0.25, 0.3) is 0 Å². The molecule has 0 unspecified atom stereocenters. The molecule has 3 aromatic heterocycles. The maximum Gasteiger partial charge on any atom is 0.339 e. The second kappa shape index (κ2) is 6.45. The lowest BCUT2D eigenvalue weighted by Crippen LogP contribution is -2.05. The van der Waals surface area contributed by atoms with Crippen molar-refractivity contribution in [1.29, 1.82) is 0 Å². The van der Waals surface area contributed by atoms with Crippen molar-refractivity contribution < 1.29 is 9.53 Å². The van der Waals surface area contributed by atoms with E-state index < -0.39 is 0 Å². The van der Waals surface area contributed by atoms with E-state index in [1.54, 1.807) is 18.5 Å². The Balaban J connectivity index is 1.84. The highest BCUT2D eigenvalue weighted by atomic mass is 32.1. The molecule has 4 aromatic rings. The average molecular weight is 350 g/mol. The summed E-state index contributed by atoms with van der Waals surface area (Å²) in [5.41, 5.74) is 2.13. The first-order valence-corrected chi connectivity index (χ1v) is 8.66. The molecule has 1 N–H and O–H groups in total. The van der Waals surface area contributed by atoms with Crippen molar-refractivity contribution in [1.82, 2.24) is 15.0 Å².